The van der Waals surface area contributed by atoms with Gasteiger partial charge in [0.1, 0.15) is 5.75 Å². The third kappa shape index (κ3) is 3.85. The summed E-state index contributed by atoms with van der Waals surface area (Å²) < 4.78 is 113. The molecule has 0 unspecified atom stereocenters. The maximum atomic E-state index is 13.8. The van der Waals surface area contributed by atoms with Crippen molar-refractivity contribution in [3.63, 3.8) is 0 Å². The van der Waals surface area contributed by atoms with Gasteiger partial charge in [-0.2, -0.15) is 30.7 Å². The van der Waals surface area contributed by atoms with Gasteiger partial charge in [-0.3, -0.25) is 0 Å². The summed E-state index contributed by atoms with van der Waals surface area (Å²) >= 11 is 0. The molecule has 2 aromatic rings. The first-order chi connectivity index (χ1) is 12.8. The monoisotopic (exact) mass is 415 g/mol. The van der Waals surface area contributed by atoms with Crippen LogP contribution >= 0.6 is 0 Å². The Morgan fingerprint density at radius 3 is 2.04 bits per heavy atom. The van der Waals surface area contributed by atoms with Gasteiger partial charge in [0.05, 0.1) is 12.7 Å². The van der Waals surface area contributed by atoms with Gasteiger partial charge in [-0.1, -0.05) is 0 Å². The summed E-state index contributed by atoms with van der Waals surface area (Å²) in [6.07, 6.45) is -5.59. The third-order valence-corrected chi connectivity index (χ3v) is 3.41. The lowest BCUT2D eigenvalue weighted by Gasteiger charge is -2.28. The number of halogens is 8. The summed E-state index contributed by atoms with van der Waals surface area (Å²) in [5.74, 6) is -15.0. The SMILES string of the molecule is COC(=O)c1cnc(Oc2ccc(C(F)(F)C(F)(F)C(F)(F)F)cc2)c(F)c1. The molecule has 0 N–H and O–H groups in total. The molecule has 12 heteroatoms. The van der Waals surface area contributed by atoms with Gasteiger partial charge in [0.15, 0.2) is 5.82 Å². The van der Waals surface area contributed by atoms with Crippen molar-refractivity contribution in [3.05, 3.63) is 53.5 Å². The van der Waals surface area contributed by atoms with Gasteiger partial charge in [0, 0.05) is 11.8 Å². The van der Waals surface area contributed by atoms with E-state index in [1.165, 1.54) is 0 Å². The molecule has 1 heterocycles. The van der Waals surface area contributed by atoms with Gasteiger partial charge in [-0.25, -0.2) is 14.2 Å². The standard InChI is InChI=1S/C16H9F8NO3/c1-27-13(26)8-6-11(17)12(25-7-8)28-10-4-2-9(3-5-10)14(18,19)15(20,21)16(22,23)24/h2-7H,1H3. The summed E-state index contributed by atoms with van der Waals surface area (Å²) in [5, 5.41) is 0. The number of ether oxygens (including phenoxy) is 2. The molecule has 1 aromatic carbocycles. The largest absolute Gasteiger partial charge is 0.465 e. The van der Waals surface area contributed by atoms with Gasteiger partial charge < -0.3 is 9.47 Å². The lowest BCUT2D eigenvalue weighted by atomic mass is 10.0. The second-order valence-corrected chi connectivity index (χ2v) is 5.28. The molecule has 0 aliphatic rings. The Labute approximate surface area is 151 Å². The van der Waals surface area contributed by atoms with E-state index >= 15 is 0 Å². The topological polar surface area (TPSA) is 48.4 Å². The highest BCUT2D eigenvalue weighted by Gasteiger charge is 2.73. The normalized spacial score (nSPS) is 12.6. The summed E-state index contributed by atoms with van der Waals surface area (Å²) in [4.78, 5) is 14.7. The quantitative estimate of drug-likeness (QED) is 0.504. The Kier molecular flexibility index (Phi) is 5.53. The fourth-order valence-corrected chi connectivity index (χ4v) is 1.93. The highest BCUT2D eigenvalue weighted by molar-refractivity contribution is 5.88. The first kappa shape index (κ1) is 21.4. The minimum absolute atomic E-state index is 0.253. The number of esters is 1. The highest BCUT2D eigenvalue weighted by Crippen LogP contribution is 2.51. The van der Waals surface area contributed by atoms with Crippen molar-refractivity contribution in [1.29, 1.82) is 0 Å². The van der Waals surface area contributed by atoms with E-state index in [1.807, 2.05) is 0 Å². The molecule has 0 saturated heterocycles. The summed E-state index contributed by atoms with van der Waals surface area (Å²) in [6.45, 7) is 0. The van der Waals surface area contributed by atoms with Gasteiger partial charge in [-0.15, -0.1) is 0 Å². The number of carbonyl (C=O) groups excluding carboxylic acids is 1. The van der Waals surface area contributed by atoms with E-state index < -0.39 is 41.3 Å². The van der Waals surface area contributed by atoms with Crippen molar-refractivity contribution in [3.8, 4) is 11.6 Å². The van der Waals surface area contributed by atoms with Crippen molar-refractivity contribution in [2.45, 2.75) is 18.0 Å². The Bertz CT molecular complexity index is 865. The first-order valence-corrected chi connectivity index (χ1v) is 7.16. The molecular weight excluding hydrogens is 406 g/mol. The average molecular weight is 415 g/mol. The van der Waals surface area contributed by atoms with E-state index in [2.05, 4.69) is 9.72 Å². The van der Waals surface area contributed by atoms with Crippen LogP contribution in [0, 0.1) is 5.82 Å². The van der Waals surface area contributed by atoms with E-state index in [-0.39, 0.29) is 23.4 Å². The molecule has 152 valence electrons. The number of methoxy groups -OCH3 is 1. The van der Waals surface area contributed by atoms with Crippen LogP contribution in [0.15, 0.2) is 36.5 Å². The number of hydrogen-bond donors (Lipinski definition) is 0. The van der Waals surface area contributed by atoms with Crippen LogP contribution in [0.4, 0.5) is 35.1 Å². The van der Waals surface area contributed by atoms with Crippen LogP contribution < -0.4 is 4.74 Å². The molecule has 0 spiro atoms. The molecule has 0 atom stereocenters. The maximum Gasteiger partial charge on any atom is 0.460 e. The zero-order valence-corrected chi connectivity index (χ0v) is 13.7. The molecular formula is C16H9F8NO3. The number of rotatable bonds is 5. The van der Waals surface area contributed by atoms with Crippen molar-refractivity contribution < 1.29 is 49.4 Å². The van der Waals surface area contributed by atoms with Crippen LogP contribution in [0.5, 0.6) is 11.6 Å². The Morgan fingerprint density at radius 2 is 1.57 bits per heavy atom. The minimum Gasteiger partial charge on any atom is -0.465 e. The number of pyridine rings is 1. The molecule has 4 nitrogen and oxygen atoms in total. The molecule has 0 amide bonds. The first-order valence-electron chi connectivity index (χ1n) is 7.16. The number of aromatic nitrogens is 1. The highest BCUT2D eigenvalue weighted by atomic mass is 19.4. The molecule has 0 radical (unpaired) electrons. The Hall–Kier alpha value is -2.92. The number of carbonyl (C=O) groups is 1. The predicted octanol–water partition coefficient (Wildman–Crippen LogP) is 5.09. The lowest BCUT2D eigenvalue weighted by molar-refractivity contribution is -0.359. The van der Waals surface area contributed by atoms with Gasteiger partial charge in [0.25, 0.3) is 5.88 Å². The van der Waals surface area contributed by atoms with E-state index in [0.29, 0.717) is 18.2 Å². The van der Waals surface area contributed by atoms with Crippen molar-refractivity contribution in [2.24, 2.45) is 0 Å². The van der Waals surface area contributed by atoms with Gasteiger partial charge in [0.2, 0.25) is 0 Å². The van der Waals surface area contributed by atoms with E-state index in [1.54, 1.807) is 0 Å². The van der Waals surface area contributed by atoms with Gasteiger partial charge >= 0.3 is 24.0 Å². The third-order valence-electron chi connectivity index (χ3n) is 3.41. The van der Waals surface area contributed by atoms with Crippen LogP contribution in [0.25, 0.3) is 0 Å². The number of benzene rings is 1. The van der Waals surface area contributed by atoms with Crippen molar-refractivity contribution >= 4 is 5.97 Å². The van der Waals surface area contributed by atoms with Crippen molar-refractivity contribution in [2.75, 3.05) is 7.11 Å². The molecule has 0 aliphatic heterocycles. The summed E-state index contributed by atoms with van der Waals surface area (Å²) in [7, 11) is 1.05. The molecule has 0 bridgehead atoms. The van der Waals surface area contributed by atoms with E-state index in [9.17, 15) is 39.9 Å². The zero-order chi connectivity index (χ0) is 21.3. The predicted molar refractivity (Wildman–Crippen MR) is 76.9 cm³/mol. The maximum absolute atomic E-state index is 13.8. The van der Waals surface area contributed by atoms with Crippen LogP contribution in [0.2, 0.25) is 0 Å². The minimum atomic E-state index is -6.47. The fourth-order valence-electron chi connectivity index (χ4n) is 1.93. The molecule has 0 saturated carbocycles. The number of hydrogen-bond acceptors (Lipinski definition) is 4. The van der Waals surface area contributed by atoms with Crippen molar-refractivity contribution in [1.82, 2.24) is 4.98 Å². The fraction of sp³-hybridized carbons (Fsp3) is 0.250. The van der Waals surface area contributed by atoms with E-state index in [4.69, 9.17) is 4.74 Å². The van der Waals surface area contributed by atoms with Gasteiger partial charge in [-0.05, 0) is 30.3 Å². The number of nitrogens with zero attached hydrogens (tertiary/aromatic N) is 1. The second kappa shape index (κ2) is 7.24. The van der Waals surface area contributed by atoms with Crippen LogP contribution in [-0.2, 0) is 10.7 Å². The van der Waals surface area contributed by atoms with Crippen LogP contribution in [-0.4, -0.2) is 30.2 Å². The Morgan fingerprint density at radius 1 is 1.00 bits per heavy atom. The molecule has 1 aromatic heterocycles. The zero-order valence-electron chi connectivity index (χ0n) is 13.7. The van der Waals surface area contributed by atoms with E-state index in [0.717, 1.165) is 13.3 Å². The number of alkyl halides is 7. The van der Waals surface area contributed by atoms with Crippen LogP contribution in [0.1, 0.15) is 15.9 Å². The Balaban J connectivity index is 2.25. The molecule has 28 heavy (non-hydrogen) atoms. The smallest absolute Gasteiger partial charge is 0.460 e. The molecule has 0 aliphatic carbocycles. The summed E-state index contributed by atoms with van der Waals surface area (Å²) in [5.41, 5.74) is -1.88. The second-order valence-electron chi connectivity index (χ2n) is 5.28. The molecule has 2 rings (SSSR count). The van der Waals surface area contributed by atoms with Crippen LogP contribution in [0.3, 0.4) is 0 Å². The average Bonchev–Trinajstić information content (AvgIpc) is 2.62. The lowest BCUT2D eigenvalue weighted by Crippen LogP contribution is -2.49. The molecule has 0 fully saturated rings. The summed E-state index contributed by atoms with van der Waals surface area (Å²) in [6, 6.07) is 2.52.